The summed E-state index contributed by atoms with van der Waals surface area (Å²) in [6.45, 7) is 6.01. The summed E-state index contributed by atoms with van der Waals surface area (Å²) < 4.78 is 0.860. The minimum absolute atomic E-state index is 0. The fraction of sp³-hybridized carbons (Fsp3) is 1.00. The second kappa shape index (κ2) is 18.8. The summed E-state index contributed by atoms with van der Waals surface area (Å²) in [5.74, 6) is 0. The minimum atomic E-state index is -0.236. The lowest BCUT2D eigenvalue weighted by molar-refractivity contribution is -0.893. The minimum Gasteiger partial charge on any atom is -1.00 e. The summed E-state index contributed by atoms with van der Waals surface area (Å²) in [6.07, 6.45) is 18.7. The van der Waals surface area contributed by atoms with Crippen LogP contribution in [0.1, 0.15) is 104 Å². The molecule has 0 radical (unpaired) electrons. The van der Waals surface area contributed by atoms with E-state index in [0.29, 0.717) is 5.38 Å². The maximum absolute atomic E-state index is 9.53. The Balaban J connectivity index is 0. The van der Waals surface area contributed by atoms with Crippen molar-refractivity contribution in [2.45, 2.75) is 115 Å². The molecule has 0 bridgehead atoms. The van der Waals surface area contributed by atoms with E-state index < -0.39 is 0 Å². The fourth-order valence-corrected chi connectivity index (χ4v) is 3.90. The Labute approximate surface area is 176 Å². The van der Waals surface area contributed by atoms with Gasteiger partial charge in [0, 0.05) is 11.8 Å². The monoisotopic (exact) mass is 411 g/mol. The van der Waals surface area contributed by atoms with E-state index in [1.54, 1.807) is 0 Å². The number of rotatable bonds is 18. The molecule has 0 spiro atoms. The topological polar surface area (TPSA) is 20.2 Å². The molecule has 0 heterocycles. The van der Waals surface area contributed by atoms with Crippen molar-refractivity contribution in [2.75, 3.05) is 27.2 Å². The number of hydrogen-bond donors (Lipinski definition) is 1. The van der Waals surface area contributed by atoms with Crippen molar-refractivity contribution in [2.24, 2.45) is 0 Å². The molecule has 0 fully saturated rings. The van der Waals surface area contributed by atoms with E-state index in [1.165, 1.54) is 77.0 Å². The highest BCUT2D eigenvalue weighted by atomic mass is 35.5. The first-order valence-corrected chi connectivity index (χ1v) is 11.4. The van der Waals surface area contributed by atoms with E-state index in [2.05, 4.69) is 21.0 Å². The lowest BCUT2D eigenvalue weighted by atomic mass is 10.0. The summed E-state index contributed by atoms with van der Waals surface area (Å²) in [5.41, 5.74) is 0. The maximum Gasteiger partial charge on any atom is 0.104 e. The van der Waals surface area contributed by atoms with Gasteiger partial charge in [-0.15, -0.1) is 11.6 Å². The molecule has 1 N–H and O–H groups in total. The number of alkyl halides is 1. The van der Waals surface area contributed by atoms with Crippen LogP contribution in [-0.2, 0) is 0 Å². The number of nitrogens with zero attached hydrogens (tertiary/aromatic N) is 1. The molecule has 0 aromatic carbocycles. The molecule has 0 aromatic rings. The van der Waals surface area contributed by atoms with Crippen molar-refractivity contribution >= 4 is 11.6 Å². The van der Waals surface area contributed by atoms with Crippen molar-refractivity contribution in [1.82, 2.24) is 0 Å². The molecule has 160 valence electrons. The SMILES string of the molecule is CCCCCCCCCCCCCCC(Cl)CC[N+](C)(C)CC(C)O.[Cl-]. The molecule has 0 saturated carbocycles. The number of halogens is 2. The van der Waals surface area contributed by atoms with E-state index in [1.807, 2.05) is 6.92 Å². The highest BCUT2D eigenvalue weighted by molar-refractivity contribution is 6.20. The molecule has 0 saturated heterocycles. The maximum atomic E-state index is 9.53. The quantitative estimate of drug-likeness (QED) is 0.207. The number of aliphatic hydroxyl groups is 1. The zero-order valence-electron chi connectivity index (χ0n) is 18.1. The lowest BCUT2D eigenvalue weighted by Crippen LogP contribution is -3.00. The van der Waals surface area contributed by atoms with Gasteiger partial charge in [0.25, 0.3) is 0 Å². The second-order valence-corrected chi connectivity index (χ2v) is 9.37. The van der Waals surface area contributed by atoms with Crippen molar-refractivity contribution in [1.29, 1.82) is 0 Å². The van der Waals surface area contributed by atoms with Crippen LogP contribution in [0.4, 0.5) is 0 Å². The van der Waals surface area contributed by atoms with E-state index in [9.17, 15) is 5.11 Å². The molecule has 26 heavy (non-hydrogen) atoms. The molecular weight excluding hydrogens is 365 g/mol. The van der Waals surface area contributed by atoms with Crippen molar-refractivity contribution in [3.63, 3.8) is 0 Å². The molecular formula is C22H47Cl2NO. The molecule has 0 amide bonds. The third kappa shape index (κ3) is 20.8. The Kier molecular flexibility index (Phi) is 20.8. The number of likely N-dealkylation sites (N-methyl/N-ethyl adjacent to an activating group) is 1. The van der Waals surface area contributed by atoms with Gasteiger partial charge < -0.3 is 22.0 Å². The third-order valence-corrected chi connectivity index (χ3v) is 5.61. The van der Waals surface area contributed by atoms with Gasteiger partial charge in [-0.25, -0.2) is 0 Å². The number of aliphatic hydroxyl groups excluding tert-OH is 1. The second-order valence-electron chi connectivity index (χ2n) is 8.75. The van der Waals surface area contributed by atoms with E-state index in [4.69, 9.17) is 11.6 Å². The van der Waals surface area contributed by atoms with Gasteiger partial charge in [-0.05, 0) is 13.3 Å². The normalized spacial score (nSPS) is 14.1. The first kappa shape index (κ1) is 28.7. The Hall–Kier alpha value is 0.500. The Morgan fingerprint density at radius 2 is 1.19 bits per heavy atom. The number of unbranched alkanes of at least 4 members (excludes halogenated alkanes) is 11. The predicted molar refractivity (Wildman–Crippen MR) is 113 cm³/mol. The Morgan fingerprint density at radius 1 is 0.769 bits per heavy atom. The molecule has 2 atom stereocenters. The number of hydrogen-bond acceptors (Lipinski definition) is 1. The molecule has 0 rings (SSSR count). The zero-order valence-corrected chi connectivity index (χ0v) is 19.6. The molecule has 2 unspecified atom stereocenters. The first-order chi connectivity index (χ1) is 11.9. The molecule has 0 aromatic heterocycles. The van der Waals surface area contributed by atoms with Crippen LogP contribution >= 0.6 is 11.6 Å². The molecule has 0 aliphatic carbocycles. The van der Waals surface area contributed by atoms with Crippen molar-refractivity contribution in [3.05, 3.63) is 0 Å². The van der Waals surface area contributed by atoms with E-state index in [0.717, 1.165) is 30.4 Å². The Morgan fingerprint density at radius 3 is 1.62 bits per heavy atom. The van der Waals surface area contributed by atoms with Crippen molar-refractivity contribution < 1.29 is 22.0 Å². The van der Waals surface area contributed by atoms with Crippen LogP contribution in [0.25, 0.3) is 0 Å². The smallest absolute Gasteiger partial charge is 0.104 e. The van der Waals surface area contributed by atoms with E-state index in [-0.39, 0.29) is 18.5 Å². The number of quaternary nitrogens is 1. The molecule has 0 aliphatic rings. The Bertz CT molecular complexity index is 285. The lowest BCUT2D eigenvalue weighted by Gasteiger charge is -2.31. The van der Waals surface area contributed by atoms with Gasteiger partial charge in [0.05, 0.1) is 20.6 Å². The van der Waals surface area contributed by atoms with Gasteiger partial charge in [0.2, 0.25) is 0 Å². The average molecular weight is 413 g/mol. The summed E-state index contributed by atoms with van der Waals surface area (Å²) >= 11 is 6.48. The first-order valence-electron chi connectivity index (χ1n) is 11.0. The zero-order chi connectivity index (χ0) is 19.0. The summed E-state index contributed by atoms with van der Waals surface area (Å²) in [6, 6.07) is 0. The van der Waals surface area contributed by atoms with Crippen LogP contribution < -0.4 is 12.4 Å². The van der Waals surface area contributed by atoms with E-state index >= 15 is 0 Å². The van der Waals surface area contributed by atoms with Gasteiger partial charge >= 0.3 is 0 Å². The van der Waals surface area contributed by atoms with Gasteiger partial charge in [-0.3, -0.25) is 0 Å². The van der Waals surface area contributed by atoms with Crippen LogP contribution in [0.15, 0.2) is 0 Å². The highest BCUT2D eigenvalue weighted by Gasteiger charge is 2.19. The summed E-state index contributed by atoms with van der Waals surface area (Å²) in [5, 5.41) is 9.83. The molecule has 2 nitrogen and oxygen atoms in total. The van der Waals surface area contributed by atoms with Crippen LogP contribution in [0, 0.1) is 0 Å². The van der Waals surface area contributed by atoms with Gasteiger partial charge in [0.15, 0.2) is 0 Å². The van der Waals surface area contributed by atoms with Gasteiger partial charge in [-0.2, -0.15) is 0 Å². The van der Waals surface area contributed by atoms with Crippen LogP contribution in [-0.4, -0.2) is 48.3 Å². The van der Waals surface area contributed by atoms with Crippen LogP contribution in [0.5, 0.6) is 0 Å². The standard InChI is InChI=1S/C22H47ClNO.ClH/c1-5-6-7-8-9-10-11-12-13-14-15-16-17-22(23)18-19-24(3,4)20-21(2)25;/h21-22,25H,5-20H2,1-4H3;1H/q+1;/p-1. The van der Waals surface area contributed by atoms with Crippen LogP contribution in [0.3, 0.4) is 0 Å². The molecule has 0 aliphatic heterocycles. The molecule has 4 heteroatoms. The predicted octanol–water partition coefficient (Wildman–Crippen LogP) is 3.54. The average Bonchev–Trinajstić information content (AvgIpc) is 2.53. The third-order valence-electron chi connectivity index (χ3n) is 5.18. The van der Waals surface area contributed by atoms with Crippen molar-refractivity contribution in [3.8, 4) is 0 Å². The van der Waals surface area contributed by atoms with Gasteiger partial charge in [-0.1, -0.05) is 84.0 Å². The van der Waals surface area contributed by atoms with Crippen LogP contribution in [0.2, 0.25) is 0 Å². The summed E-state index contributed by atoms with van der Waals surface area (Å²) in [7, 11) is 4.36. The fourth-order valence-electron chi connectivity index (χ4n) is 3.65. The van der Waals surface area contributed by atoms with Gasteiger partial charge in [0.1, 0.15) is 12.6 Å². The highest BCUT2D eigenvalue weighted by Crippen LogP contribution is 2.17. The summed E-state index contributed by atoms with van der Waals surface area (Å²) in [4.78, 5) is 0. The largest absolute Gasteiger partial charge is 1.00 e.